The molecule has 4 rings (SSSR count). The van der Waals surface area contributed by atoms with Gasteiger partial charge in [-0.05, 0) is 31.9 Å². The number of aromatic amines is 1. The van der Waals surface area contributed by atoms with E-state index in [9.17, 15) is 8.42 Å². The van der Waals surface area contributed by atoms with Crippen LogP contribution in [0.1, 0.15) is 37.4 Å². The number of anilines is 1. The van der Waals surface area contributed by atoms with Crippen molar-refractivity contribution in [3.8, 4) is 0 Å². The van der Waals surface area contributed by atoms with E-state index in [1.54, 1.807) is 24.5 Å². The van der Waals surface area contributed by atoms with Gasteiger partial charge in [0.1, 0.15) is 10.5 Å². The fourth-order valence-corrected chi connectivity index (χ4v) is 4.66. The van der Waals surface area contributed by atoms with Crippen LogP contribution in [0, 0.1) is 6.92 Å². The van der Waals surface area contributed by atoms with E-state index < -0.39 is 10.0 Å². The Labute approximate surface area is 140 Å². The van der Waals surface area contributed by atoms with Gasteiger partial charge in [-0.15, -0.1) is 0 Å². The lowest BCUT2D eigenvalue weighted by Crippen LogP contribution is -2.14. The Kier molecular flexibility index (Phi) is 3.56. The third-order valence-electron chi connectivity index (χ3n) is 4.66. The van der Waals surface area contributed by atoms with Crippen LogP contribution in [0.2, 0.25) is 0 Å². The van der Waals surface area contributed by atoms with Crippen LogP contribution in [0.5, 0.6) is 0 Å². The standard InChI is InChI=1S/C16H19N5O2S/c1-11-14(9-19-21(11)12-5-2-3-6-12)20-24(22,23)15-10-18-16-13(15)7-4-8-17-16/h4,7-10,12,20H,2-3,5-6H2,1H3,(H,17,18). The van der Waals surface area contributed by atoms with Crippen LogP contribution < -0.4 is 4.72 Å². The minimum Gasteiger partial charge on any atom is -0.345 e. The Morgan fingerprint density at radius 1 is 1.33 bits per heavy atom. The van der Waals surface area contributed by atoms with Crippen LogP contribution in [0.25, 0.3) is 11.0 Å². The maximum absolute atomic E-state index is 12.8. The number of nitrogens with zero attached hydrogens (tertiary/aromatic N) is 3. The molecule has 3 aromatic heterocycles. The van der Waals surface area contributed by atoms with Gasteiger partial charge in [0.25, 0.3) is 10.0 Å². The first-order valence-corrected chi connectivity index (χ1v) is 9.53. The zero-order chi connectivity index (χ0) is 16.7. The molecule has 0 bridgehead atoms. The van der Waals surface area contributed by atoms with Gasteiger partial charge in [-0.1, -0.05) is 12.8 Å². The lowest BCUT2D eigenvalue weighted by molar-refractivity contribution is 0.457. The highest BCUT2D eigenvalue weighted by Crippen LogP contribution is 2.32. The Balaban J connectivity index is 1.67. The van der Waals surface area contributed by atoms with Crippen molar-refractivity contribution in [1.29, 1.82) is 0 Å². The number of aromatic nitrogens is 4. The molecule has 0 radical (unpaired) electrons. The molecule has 7 nitrogen and oxygen atoms in total. The van der Waals surface area contributed by atoms with E-state index in [-0.39, 0.29) is 4.90 Å². The topological polar surface area (TPSA) is 92.7 Å². The van der Waals surface area contributed by atoms with E-state index in [0.29, 0.717) is 22.8 Å². The predicted octanol–water partition coefficient (Wildman–Crippen LogP) is 2.98. The quantitative estimate of drug-likeness (QED) is 0.760. The summed E-state index contributed by atoms with van der Waals surface area (Å²) in [5, 5.41) is 4.97. The van der Waals surface area contributed by atoms with Gasteiger partial charge < -0.3 is 4.98 Å². The van der Waals surface area contributed by atoms with Gasteiger partial charge in [-0.25, -0.2) is 13.4 Å². The molecule has 0 unspecified atom stereocenters. The zero-order valence-electron chi connectivity index (χ0n) is 13.4. The second kappa shape index (κ2) is 5.62. The van der Waals surface area contributed by atoms with Crippen molar-refractivity contribution in [2.45, 2.75) is 43.5 Å². The molecular weight excluding hydrogens is 326 g/mol. The minimum absolute atomic E-state index is 0.193. The first kappa shape index (κ1) is 15.2. The molecule has 24 heavy (non-hydrogen) atoms. The van der Waals surface area contributed by atoms with Crippen LogP contribution in [0.3, 0.4) is 0 Å². The first-order valence-electron chi connectivity index (χ1n) is 8.05. The average Bonchev–Trinajstić information content (AvgIpc) is 3.28. The molecule has 0 spiro atoms. The number of sulfonamides is 1. The van der Waals surface area contributed by atoms with Crippen molar-refractivity contribution in [2.75, 3.05) is 4.72 Å². The fourth-order valence-electron chi connectivity index (χ4n) is 3.39. The summed E-state index contributed by atoms with van der Waals surface area (Å²) in [5.41, 5.74) is 1.93. The third-order valence-corrected chi connectivity index (χ3v) is 6.07. The van der Waals surface area contributed by atoms with E-state index in [4.69, 9.17) is 0 Å². The molecule has 0 saturated heterocycles. The van der Waals surface area contributed by atoms with E-state index in [1.807, 2.05) is 11.6 Å². The van der Waals surface area contributed by atoms with Crippen molar-refractivity contribution in [3.63, 3.8) is 0 Å². The lowest BCUT2D eigenvalue weighted by Gasteiger charge is -2.13. The van der Waals surface area contributed by atoms with E-state index in [0.717, 1.165) is 18.5 Å². The second-order valence-electron chi connectivity index (χ2n) is 6.18. The minimum atomic E-state index is -3.70. The molecule has 0 aromatic carbocycles. The number of H-pyrrole nitrogens is 1. The van der Waals surface area contributed by atoms with E-state index >= 15 is 0 Å². The van der Waals surface area contributed by atoms with Gasteiger partial charge in [0.15, 0.2) is 0 Å². The molecule has 1 aliphatic rings. The van der Waals surface area contributed by atoms with Crippen molar-refractivity contribution in [2.24, 2.45) is 0 Å². The van der Waals surface area contributed by atoms with E-state index in [1.165, 1.54) is 19.0 Å². The Hall–Kier alpha value is -2.35. The largest absolute Gasteiger partial charge is 0.345 e. The van der Waals surface area contributed by atoms with E-state index in [2.05, 4.69) is 19.8 Å². The molecule has 0 aliphatic heterocycles. The molecule has 1 aliphatic carbocycles. The van der Waals surface area contributed by atoms with Crippen LogP contribution in [0.15, 0.2) is 35.6 Å². The SMILES string of the molecule is Cc1c(NS(=O)(=O)c2c[nH]c3ncccc23)cnn1C1CCCC1. The smallest absolute Gasteiger partial charge is 0.264 e. The van der Waals surface area contributed by atoms with Gasteiger partial charge in [-0.3, -0.25) is 9.40 Å². The van der Waals surface area contributed by atoms with Gasteiger partial charge in [-0.2, -0.15) is 5.10 Å². The van der Waals surface area contributed by atoms with Gasteiger partial charge >= 0.3 is 0 Å². The summed E-state index contributed by atoms with van der Waals surface area (Å²) in [7, 11) is -3.70. The zero-order valence-corrected chi connectivity index (χ0v) is 14.2. The van der Waals surface area contributed by atoms with Crippen LogP contribution in [-0.4, -0.2) is 28.2 Å². The average molecular weight is 345 g/mol. The van der Waals surface area contributed by atoms with Crippen LogP contribution in [0.4, 0.5) is 5.69 Å². The lowest BCUT2D eigenvalue weighted by atomic mass is 10.2. The van der Waals surface area contributed by atoms with Crippen LogP contribution >= 0.6 is 0 Å². The number of rotatable bonds is 4. The molecule has 1 saturated carbocycles. The van der Waals surface area contributed by atoms with Gasteiger partial charge in [0.05, 0.1) is 23.6 Å². The first-order chi connectivity index (χ1) is 11.6. The number of pyridine rings is 1. The molecule has 1 fully saturated rings. The molecule has 8 heteroatoms. The van der Waals surface area contributed by atoms with Crippen molar-refractivity contribution < 1.29 is 8.42 Å². The number of fused-ring (bicyclic) bond motifs is 1. The maximum Gasteiger partial charge on any atom is 0.264 e. The summed E-state index contributed by atoms with van der Waals surface area (Å²) in [6.45, 7) is 1.90. The number of hydrogen-bond acceptors (Lipinski definition) is 4. The maximum atomic E-state index is 12.8. The molecule has 2 N–H and O–H groups in total. The Morgan fingerprint density at radius 2 is 2.12 bits per heavy atom. The van der Waals surface area contributed by atoms with Crippen molar-refractivity contribution in [1.82, 2.24) is 19.7 Å². The summed E-state index contributed by atoms with van der Waals surface area (Å²) in [4.78, 5) is 7.22. The highest BCUT2D eigenvalue weighted by atomic mass is 32.2. The molecule has 126 valence electrons. The third kappa shape index (κ3) is 2.47. The Morgan fingerprint density at radius 3 is 2.92 bits per heavy atom. The number of hydrogen-bond donors (Lipinski definition) is 2. The van der Waals surface area contributed by atoms with Gasteiger partial charge in [0, 0.05) is 17.8 Å². The summed E-state index contributed by atoms with van der Waals surface area (Å²) < 4.78 is 30.1. The monoisotopic (exact) mass is 345 g/mol. The molecular formula is C16H19N5O2S. The van der Waals surface area contributed by atoms with Crippen LogP contribution in [-0.2, 0) is 10.0 Å². The molecule has 3 heterocycles. The summed E-state index contributed by atoms with van der Waals surface area (Å²) in [6.07, 6.45) is 9.29. The second-order valence-corrected chi connectivity index (χ2v) is 7.84. The highest BCUT2D eigenvalue weighted by molar-refractivity contribution is 7.93. The predicted molar refractivity (Wildman–Crippen MR) is 91.4 cm³/mol. The summed E-state index contributed by atoms with van der Waals surface area (Å²) >= 11 is 0. The highest BCUT2D eigenvalue weighted by Gasteiger charge is 2.24. The summed E-state index contributed by atoms with van der Waals surface area (Å²) in [6, 6.07) is 3.83. The normalized spacial score (nSPS) is 16.0. The fraction of sp³-hybridized carbons (Fsp3) is 0.375. The van der Waals surface area contributed by atoms with Crippen molar-refractivity contribution in [3.05, 3.63) is 36.4 Å². The molecule has 3 aromatic rings. The summed E-state index contributed by atoms with van der Waals surface area (Å²) in [5.74, 6) is 0. The molecule has 0 amide bonds. The number of nitrogens with one attached hydrogen (secondary N) is 2. The van der Waals surface area contributed by atoms with Gasteiger partial charge in [0.2, 0.25) is 0 Å². The van der Waals surface area contributed by atoms with Crippen molar-refractivity contribution >= 4 is 26.7 Å². The Bertz CT molecular complexity index is 983. The molecule has 0 atom stereocenters.